The number of carbonyl (C=O) groups excluding carboxylic acids is 2. The molecule has 1 fully saturated rings. The molecule has 1 aliphatic rings. The first-order valence-electron chi connectivity index (χ1n) is 14.6. The van der Waals surface area contributed by atoms with Gasteiger partial charge in [-0.2, -0.15) is 0 Å². The highest BCUT2D eigenvalue weighted by Gasteiger charge is 2.32. The molecule has 0 spiro atoms. The minimum atomic E-state index is -0.942. The third kappa shape index (κ3) is 6.55. The summed E-state index contributed by atoms with van der Waals surface area (Å²) >= 11 is 0. The molecule has 10 nitrogen and oxygen atoms in total. The number of ether oxygens (including phenoxy) is 2. The maximum Gasteiger partial charge on any atom is 0.251 e. The zero-order valence-corrected chi connectivity index (χ0v) is 24.5. The predicted molar refractivity (Wildman–Crippen MR) is 168 cm³/mol. The van der Waals surface area contributed by atoms with Gasteiger partial charge in [0.05, 0.1) is 25.8 Å². The fraction of sp³-hybridized carbons (Fsp3) is 0.235. The van der Waals surface area contributed by atoms with Crippen LogP contribution in [0.3, 0.4) is 0 Å². The summed E-state index contributed by atoms with van der Waals surface area (Å²) in [5.41, 5.74) is 4.69. The van der Waals surface area contributed by atoms with Gasteiger partial charge in [0.2, 0.25) is 5.91 Å². The zero-order chi connectivity index (χ0) is 30.3. The van der Waals surface area contributed by atoms with Crippen molar-refractivity contribution in [2.24, 2.45) is 0 Å². The molecule has 1 atom stereocenters. The average Bonchev–Trinajstić information content (AvgIpc) is 3.48. The zero-order valence-electron chi connectivity index (χ0n) is 24.5. The number of anilines is 2. The number of nitrogens with zero attached hydrogens (tertiary/aromatic N) is 5. The van der Waals surface area contributed by atoms with Gasteiger partial charge >= 0.3 is 0 Å². The normalized spacial score (nSPS) is 13.8. The van der Waals surface area contributed by atoms with Crippen molar-refractivity contribution in [3.05, 3.63) is 114 Å². The van der Waals surface area contributed by atoms with E-state index >= 15 is 0 Å². The van der Waals surface area contributed by atoms with Crippen LogP contribution >= 0.6 is 0 Å². The Morgan fingerprint density at radius 3 is 2.34 bits per heavy atom. The van der Waals surface area contributed by atoms with Crippen LogP contribution in [-0.4, -0.2) is 65.1 Å². The number of benzene rings is 4. The van der Waals surface area contributed by atoms with E-state index in [1.165, 1.54) is 0 Å². The van der Waals surface area contributed by atoms with Gasteiger partial charge < -0.3 is 24.6 Å². The Bertz CT molecular complexity index is 1700. The molecule has 0 saturated carbocycles. The van der Waals surface area contributed by atoms with E-state index in [1.54, 1.807) is 28.8 Å². The van der Waals surface area contributed by atoms with E-state index in [2.05, 4.69) is 20.5 Å². The second-order valence-corrected chi connectivity index (χ2v) is 10.6. The molecule has 4 aromatic carbocycles. The summed E-state index contributed by atoms with van der Waals surface area (Å²) in [6.07, 6.45) is 0. The quantitative estimate of drug-likeness (QED) is 0.252. The number of methoxy groups -OCH3 is 1. The maximum absolute atomic E-state index is 14.2. The fourth-order valence-corrected chi connectivity index (χ4v) is 5.40. The molecule has 2 amide bonds. The van der Waals surface area contributed by atoms with Crippen molar-refractivity contribution in [1.82, 2.24) is 19.9 Å². The number of rotatable bonds is 10. The van der Waals surface area contributed by atoms with Crippen LogP contribution in [0.25, 0.3) is 11.0 Å². The van der Waals surface area contributed by atoms with Crippen molar-refractivity contribution in [2.45, 2.75) is 19.1 Å². The van der Waals surface area contributed by atoms with E-state index in [0.717, 1.165) is 29.9 Å². The number of hydrogen-bond donors (Lipinski definition) is 1. The second-order valence-electron chi connectivity index (χ2n) is 10.6. The van der Waals surface area contributed by atoms with Gasteiger partial charge in [0.1, 0.15) is 23.9 Å². The molecular formula is C34H34N6O4. The monoisotopic (exact) mass is 590 g/mol. The average molecular weight is 591 g/mol. The van der Waals surface area contributed by atoms with E-state index in [0.29, 0.717) is 35.7 Å². The highest BCUT2D eigenvalue weighted by Crippen LogP contribution is 2.28. The molecular weight excluding hydrogens is 556 g/mol. The SMILES string of the molecule is COc1ccc([C@@H](C(=O)Nc2ccc(N3CCOCC3)cc2)N(Cc2ccccc2)C(=O)Cn2nnc3ccccc32)cc1. The summed E-state index contributed by atoms with van der Waals surface area (Å²) in [7, 11) is 1.59. The Hall–Kier alpha value is -5.22. The fourth-order valence-electron chi connectivity index (χ4n) is 5.40. The Morgan fingerprint density at radius 2 is 1.61 bits per heavy atom. The molecule has 5 aromatic rings. The van der Waals surface area contributed by atoms with Crippen LogP contribution < -0.4 is 15.0 Å². The van der Waals surface area contributed by atoms with Gasteiger partial charge in [-0.25, -0.2) is 4.68 Å². The summed E-state index contributed by atoms with van der Waals surface area (Å²) in [4.78, 5) is 32.3. The molecule has 2 heterocycles. The van der Waals surface area contributed by atoms with E-state index in [4.69, 9.17) is 9.47 Å². The van der Waals surface area contributed by atoms with Gasteiger partial charge in [0.25, 0.3) is 5.91 Å². The molecule has 224 valence electrons. The third-order valence-electron chi connectivity index (χ3n) is 7.72. The lowest BCUT2D eigenvalue weighted by atomic mass is 10.0. The second kappa shape index (κ2) is 13.4. The molecule has 6 rings (SSSR count). The highest BCUT2D eigenvalue weighted by atomic mass is 16.5. The predicted octanol–water partition coefficient (Wildman–Crippen LogP) is 4.69. The van der Waals surface area contributed by atoms with Gasteiger partial charge in [-0.3, -0.25) is 9.59 Å². The maximum atomic E-state index is 14.2. The van der Waals surface area contributed by atoms with Crippen LogP contribution in [0.5, 0.6) is 5.75 Å². The molecule has 1 aromatic heterocycles. The van der Waals surface area contributed by atoms with Crippen LogP contribution in [0.2, 0.25) is 0 Å². The summed E-state index contributed by atoms with van der Waals surface area (Å²) in [6, 6.07) is 31.2. The number of carbonyl (C=O) groups is 2. The number of nitrogens with one attached hydrogen (secondary N) is 1. The Morgan fingerprint density at radius 1 is 0.909 bits per heavy atom. The van der Waals surface area contributed by atoms with Gasteiger partial charge in [0, 0.05) is 31.0 Å². The Balaban J connectivity index is 1.33. The lowest BCUT2D eigenvalue weighted by Crippen LogP contribution is -2.42. The molecule has 0 aliphatic carbocycles. The molecule has 1 saturated heterocycles. The Kier molecular flexibility index (Phi) is 8.79. The van der Waals surface area contributed by atoms with Crippen LogP contribution in [0, 0.1) is 0 Å². The van der Waals surface area contributed by atoms with E-state index in [1.807, 2.05) is 91.0 Å². The van der Waals surface area contributed by atoms with E-state index < -0.39 is 6.04 Å². The summed E-state index contributed by atoms with van der Waals surface area (Å²) in [5, 5.41) is 11.5. The van der Waals surface area contributed by atoms with Crippen molar-refractivity contribution < 1.29 is 19.1 Å². The van der Waals surface area contributed by atoms with Gasteiger partial charge in [-0.05, 0) is 59.7 Å². The first kappa shape index (κ1) is 28.9. The van der Waals surface area contributed by atoms with Crippen molar-refractivity contribution in [2.75, 3.05) is 43.6 Å². The number of aromatic nitrogens is 3. The van der Waals surface area contributed by atoms with Crippen LogP contribution in [0.15, 0.2) is 103 Å². The Labute approximate surface area is 255 Å². The van der Waals surface area contributed by atoms with Crippen molar-refractivity contribution in [3.8, 4) is 5.75 Å². The smallest absolute Gasteiger partial charge is 0.251 e. The number of fused-ring (bicyclic) bond motifs is 1. The molecule has 44 heavy (non-hydrogen) atoms. The van der Waals surface area contributed by atoms with E-state index in [9.17, 15) is 9.59 Å². The summed E-state index contributed by atoms with van der Waals surface area (Å²) < 4.78 is 12.4. The molecule has 10 heteroatoms. The van der Waals surface area contributed by atoms with Crippen molar-refractivity contribution in [3.63, 3.8) is 0 Å². The first-order chi connectivity index (χ1) is 21.6. The van der Waals surface area contributed by atoms with Crippen LogP contribution in [0.1, 0.15) is 17.2 Å². The largest absolute Gasteiger partial charge is 0.497 e. The third-order valence-corrected chi connectivity index (χ3v) is 7.72. The van der Waals surface area contributed by atoms with Crippen molar-refractivity contribution in [1.29, 1.82) is 0 Å². The molecule has 0 unspecified atom stereocenters. The molecule has 1 aliphatic heterocycles. The number of hydrogen-bond acceptors (Lipinski definition) is 7. The van der Waals surface area contributed by atoms with Crippen LogP contribution in [0.4, 0.5) is 11.4 Å². The topological polar surface area (TPSA) is 102 Å². The molecule has 0 radical (unpaired) electrons. The highest BCUT2D eigenvalue weighted by molar-refractivity contribution is 5.98. The van der Waals surface area contributed by atoms with Gasteiger partial charge in [0.15, 0.2) is 0 Å². The molecule has 0 bridgehead atoms. The lowest BCUT2D eigenvalue weighted by molar-refractivity contribution is -0.140. The standard InChI is InChI=1S/C34H34N6O4/c1-43-29-17-11-26(12-18-29)33(34(42)35-27-13-15-28(16-14-27)38-19-21-44-22-20-38)39(23-25-7-3-2-4-8-25)32(41)24-40-31-10-6-5-9-30(31)36-37-40/h2-18,33H,19-24H2,1H3,(H,35,42)/t33-/m0/s1. The molecule has 1 N–H and O–H groups in total. The van der Waals surface area contributed by atoms with Crippen molar-refractivity contribution >= 4 is 34.2 Å². The minimum Gasteiger partial charge on any atom is -0.497 e. The lowest BCUT2D eigenvalue weighted by Gasteiger charge is -2.32. The number of para-hydroxylation sites is 1. The van der Waals surface area contributed by atoms with E-state index in [-0.39, 0.29) is 24.9 Å². The first-order valence-corrected chi connectivity index (χ1v) is 14.6. The summed E-state index contributed by atoms with van der Waals surface area (Å²) in [5.74, 6) is 0.0480. The van der Waals surface area contributed by atoms with Crippen LogP contribution in [-0.2, 0) is 27.4 Å². The van der Waals surface area contributed by atoms with Gasteiger partial charge in [-0.15, -0.1) is 5.10 Å². The van der Waals surface area contributed by atoms with Gasteiger partial charge in [-0.1, -0.05) is 59.8 Å². The number of amides is 2. The minimum absolute atomic E-state index is 0.0818. The number of morpholine rings is 1. The summed E-state index contributed by atoms with van der Waals surface area (Å²) in [6.45, 7) is 3.16.